The van der Waals surface area contributed by atoms with Crippen LogP contribution in [0, 0.1) is 0 Å². The Kier molecular flexibility index (Phi) is 5.56. The van der Waals surface area contributed by atoms with Crippen molar-refractivity contribution >= 4 is 9.28 Å². The molecule has 1 aromatic carbocycles. The highest BCUT2D eigenvalue weighted by molar-refractivity contribution is 6.45. The van der Waals surface area contributed by atoms with Gasteiger partial charge in [-0.1, -0.05) is 30.3 Å². The van der Waals surface area contributed by atoms with Gasteiger partial charge in [0, 0.05) is 13.2 Å². The highest BCUT2D eigenvalue weighted by Crippen LogP contribution is 2.16. The third-order valence-corrected chi connectivity index (χ3v) is 4.28. The van der Waals surface area contributed by atoms with Crippen molar-refractivity contribution in [1.29, 1.82) is 0 Å². The smallest absolute Gasteiger partial charge is 0.355 e. The predicted molar refractivity (Wildman–Crippen MR) is 61.8 cm³/mol. The van der Waals surface area contributed by atoms with Gasteiger partial charge in [-0.2, -0.15) is 0 Å². The summed E-state index contributed by atoms with van der Waals surface area (Å²) in [5, 5.41) is 10.1. The Morgan fingerprint density at radius 2 is 1.67 bits per heavy atom. The van der Waals surface area contributed by atoms with E-state index < -0.39 is 15.0 Å². The lowest BCUT2D eigenvalue weighted by molar-refractivity contribution is 0.138. The summed E-state index contributed by atoms with van der Waals surface area (Å²) in [7, 11) is -2.00. The van der Waals surface area contributed by atoms with Gasteiger partial charge >= 0.3 is 9.28 Å². The van der Waals surface area contributed by atoms with Crippen LogP contribution >= 0.6 is 0 Å². The van der Waals surface area contributed by atoms with Crippen LogP contribution in [0.1, 0.15) is 25.1 Å². The van der Waals surface area contributed by atoms with Gasteiger partial charge in [0.15, 0.2) is 0 Å². The van der Waals surface area contributed by atoms with Gasteiger partial charge in [0.1, 0.15) is 5.73 Å². The van der Waals surface area contributed by atoms with E-state index in [0.29, 0.717) is 13.2 Å². The molecule has 0 aliphatic heterocycles. The number of hydrogen-bond acceptors (Lipinski definition) is 3. The quantitative estimate of drug-likeness (QED) is 0.748. The molecule has 0 radical (unpaired) electrons. The Morgan fingerprint density at radius 3 is 2.13 bits per heavy atom. The van der Waals surface area contributed by atoms with E-state index in [2.05, 4.69) is 0 Å². The van der Waals surface area contributed by atoms with Crippen molar-refractivity contribution in [2.24, 2.45) is 0 Å². The van der Waals surface area contributed by atoms with Crippen molar-refractivity contribution in [2.45, 2.75) is 19.6 Å². The molecule has 0 saturated heterocycles. The lowest BCUT2D eigenvalue weighted by Gasteiger charge is -2.20. The largest absolute Gasteiger partial charge is 0.395 e. The van der Waals surface area contributed by atoms with E-state index in [0.717, 1.165) is 5.56 Å². The molecule has 1 atom stereocenters. The van der Waals surface area contributed by atoms with E-state index in [-0.39, 0.29) is 0 Å². The molecule has 0 aromatic heterocycles. The Morgan fingerprint density at radius 1 is 1.13 bits per heavy atom. The molecule has 4 heteroatoms. The van der Waals surface area contributed by atoms with E-state index in [1.807, 2.05) is 44.2 Å². The van der Waals surface area contributed by atoms with Crippen LogP contribution in [0.15, 0.2) is 30.3 Å². The van der Waals surface area contributed by atoms with Crippen LogP contribution in [-0.2, 0) is 8.85 Å². The molecule has 1 N–H and O–H groups in total. The van der Waals surface area contributed by atoms with E-state index in [1.165, 1.54) is 0 Å². The highest BCUT2D eigenvalue weighted by Gasteiger charge is 2.24. The van der Waals surface area contributed by atoms with Gasteiger partial charge in [-0.25, -0.2) is 0 Å². The molecule has 0 bridgehead atoms. The molecular weight excluding hydrogens is 208 g/mol. The summed E-state index contributed by atoms with van der Waals surface area (Å²) >= 11 is 0. The minimum Gasteiger partial charge on any atom is -0.395 e. The number of rotatable bonds is 6. The molecule has 0 aliphatic carbocycles. The van der Waals surface area contributed by atoms with Crippen molar-refractivity contribution in [3.05, 3.63) is 35.9 Å². The SMILES string of the molecule is CCO[SiH](OCC)C(O)c1ccccc1. The Labute approximate surface area is 92.5 Å². The Hall–Kier alpha value is -0.683. The summed E-state index contributed by atoms with van der Waals surface area (Å²) in [6.07, 6.45) is 0. The van der Waals surface area contributed by atoms with Crippen LogP contribution in [0.25, 0.3) is 0 Å². The van der Waals surface area contributed by atoms with Crippen LogP contribution in [0.3, 0.4) is 0 Å². The normalized spacial score (nSPS) is 13.1. The molecule has 1 unspecified atom stereocenters. The predicted octanol–water partition coefficient (Wildman–Crippen LogP) is 1.55. The van der Waals surface area contributed by atoms with Gasteiger partial charge in [0.2, 0.25) is 0 Å². The molecule has 0 amide bonds. The average Bonchev–Trinajstić information content (AvgIpc) is 2.29. The fourth-order valence-corrected chi connectivity index (χ4v) is 3.02. The van der Waals surface area contributed by atoms with Crippen molar-refractivity contribution < 1.29 is 14.0 Å². The Bertz CT molecular complexity index is 260. The van der Waals surface area contributed by atoms with Crippen molar-refractivity contribution in [1.82, 2.24) is 0 Å². The number of aliphatic hydroxyl groups excluding tert-OH is 1. The second-order valence-corrected chi connectivity index (χ2v) is 5.17. The standard InChI is InChI=1S/C11H18O3Si/c1-3-13-15(14-4-2)11(12)10-8-6-5-7-9-10/h5-9,11-12,15H,3-4H2,1-2H3. The molecule has 3 nitrogen and oxygen atoms in total. The van der Waals surface area contributed by atoms with Crippen molar-refractivity contribution in [3.63, 3.8) is 0 Å². The Balaban J connectivity index is 2.67. The topological polar surface area (TPSA) is 38.7 Å². The van der Waals surface area contributed by atoms with Crippen LogP contribution in [0.5, 0.6) is 0 Å². The third kappa shape index (κ3) is 3.75. The molecule has 0 heterocycles. The van der Waals surface area contributed by atoms with E-state index >= 15 is 0 Å². The first-order valence-corrected chi connectivity index (χ1v) is 6.86. The lowest BCUT2D eigenvalue weighted by atomic mass is 10.2. The maximum atomic E-state index is 10.1. The van der Waals surface area contributed by atoms with Gasteiger partial charge in [-0.05, 0) is 19.4 Å². The average molecular weight is 226 g/mol. The minimum absolute atomic E-state index is 0.584. The first kappa shape index (κ1) is 12.4. The molecule has 1 aromatic rings. The fraction of sp³-hybridized carbons (Fsp3) is 0.455. The van der Waals surface area contributed by atoms with Gasteiger partial charge < -0.3 is 14.0 Å². The molecule has 0 spiro atoms. The van der Waals surface area contributed by atoms with Gasteiger partial charge in [-0.15, -0.1) is 0 Å². The molecule has 1 rings (SSSR count). The second kappa shape index (κ2) is 6.74. The number of hydrogen-bond donors (Lipinski definition) is 1. The summed E-state index contributed by atoms with van der Waals surface area (Å²) in [5.41, 5.74) is 0.280. The lowest BCUT2D eigenvalue weighted by Crippen LogP contribution is -2.31. The van der Waals surface area contributed by atoms with Crippen molar-refractivity contribution in [2.75, 3.05) is 13.2 Å². The van der Waals surface area contributed by atoms with Crippen molar-refractivity contribution in [3.8, 4) is 0 Å². The molecular formula is C11H18O3Si. The molecule has 0 saturated carbocycles. The third-order valence-electron chi connectivity index (χ3n) is 2.06. The van der Waals surface area contributed by atoms with Gasteiger partial charge in [0.05, 0.1) is 0 Å². The van der Waals surface area contributed by atoms with Gasteiger partial charge in [0.25, 0.3) is 0 Å². The minimum atomic E-state index is -2.00. The zero-order chi connectivity index (χ0) is 11.1. The molecule has 0 aliphatic rings. The summed E-state index contributed by atoms with van der Waals surface area (Å²) in [6.45, 7) is 5.00. The number of benzene rings is 1. The van der Waals surface area contributed by atoms with Crippen LogP contribution in [-0.4, -0.2) is 27.6 Å². The molecule has 15 heavy (non-hydrogen) atoms. The highest BCUT2D eigenvalue weighted by atomic mass is 28.3. The summed E-state index contributed by atoms with van der Waals surface area (Å²) in [6, 6.07) is 9.52. The number of aliphatic hydroxyl groups is 1. The first-order chi connectivity index (χ1) is 7.29. The van der Waals surface area contributed by atoms with Crippen LogP contribution in [0.4, 0.5) is 0 Å². The maximum absolute atomic E-state index is 10.1. The summed E-state index contributed by atoms with van der Waals surface area (Å²) < 4.78 is 10.9. The summed E-state index contributed by atoms with van der Waals surface area (Å²) in [5.74, 6) is 0. The second-order valence-electron chi connectivity index (χ2n) is 3.13. The molecule has 0 fully saturated rings. The monoisotopic (exact) mass is 226 g/mol. The van der Waals surface area contributed by atoms with Crippen LogP contribution < -0.4 is 0 Å². The zero-order valence-corrected chi connectivity index (χ0v) is 10.4. The van der Waals surface area contributed by atoms with Gasteiger partial charge in [-0.3, -0.25) is 0 Å². The molecule has 84 valence electrons. The fourth-order valence-electron chi connectivity index (χ4n) is 1.37. The maximum Gasteiger partial charge on any atom is 0.355 e. The van der Waals surface area contributed by atoms with Crippen LogP contribution in [0.2, 0.25) is 0 Å². The summed E-state index contributed by atoms with van der Waals surface area (Å²) in [4.78, 5) is 0. The van der Waals surface area contributed by atoms with E-state index in [9.17, 15) is 5.11 Å². The zero-order valence-electron chi connectivity index (χ0n) is 9.22. The van der Waals surface area contributed by atoms with E-state index in [1.54, 1.807) is 0 Å². The van der Waals surface area contributed by atoms with E-state index in [4.69, 9.17) is 8.85 Å². The first-order valence-electron chi connectivity index (χ1n) is 5.25.